The number of unbranched alkanes of at least 4 members (excludes halogenated alkanes) is 1. The van der Waals surface area contributed by atoms with E-state index in [9.17, 15) is 14.4 Å². The van der Waals surface area contributed by atoms with E-state index < -0.39 is 18.0 Å². The third kappa shape index (κ3) is 7.21. The number of nitrogens with one attached hydrogen (secondary N) is 1. The number of anilines is 1. The molecular weight excluding hydrogens is 358 g/mol. The van der Waals surface area contributed by atoms with E-state index >= 15 is 0 Å². The Morgan fingerprint density at radius 2 is 1.75 bits per heavy atom. The highest BCUT2D eigenvalue weighted by Gasteiger charge is 2.28. The van der Waals surface area contributed by atoms with E-state index in [0.29, 0.717) is 5.69 Å². The molecule has 28 heavy (non-hydrogen) atoms. The maximum atomic E-state index is 12.2. The fraction of sp³-hybridized carbons (Fsp3) is 0.571. The van der Waals surface area contributed by atoms with Crippen LogP contribution in [0.1, 0.15) is 52.5 Å². The van der Waals surface area contributed by atoms with Crippen LogP contribution in [0.4, 0.5) is 10.5 Å². The molecule has 1 rings (SSSR count). The van der Waals surface area contributed by atoms with E-state index in [-0.39, 0.29) is 24.3 Å². The van der Waals surface area contributed by atoms with Crippen molar-refractivity contribution in [2.24, 2.45) is 17.6 Å². The van der Waals surface area contributed by atoms with E-state index in [0.717, 1.165) is 24.8 Å². The van der Waals surface area contributed by atoms with Gasteiger partial charge in [-0.25, -0.2) is 4.79 Å². The normalized spacial score (nSPS) is 12.9. The fourth-order valence-corrected chi connectivity index (χ4v) is 2.92. The molecule has 0 aliphatic heterocycles. The second-order valence-corrected chi connectivity index (χ2v) is 7.49. The Bertz CT molecular complexity index is 658. The lowest BCUT2D eigenvalue weighted by molar-refractivity contribution is -0.123. The van der Waals surface area contributed by atoms with E-state index in [2.05, 4.69) is 12.2 Å². The first-order chi connectivity index (χ1) is 13.2. The van der Waals surface area contributed by atoms with E-state index in [1.807, 2.05) is 20.8 Å². The van der Waals surface area contributed by atoms with Crippen molar-refractivity contribution >= 4 is 23.6 Å². The topological polar surface area (TPSA) is 102 Å². The molecule has 0 spiro atoms. The van der Waals surface area contributed by atoms with Crippen molar-refractivity contribution in [3.05, 3.63) is 29.8 Å². The molecule has 2 atom stereocenters. The largest absolute Gasteiger partial charge is 0.445 e. The molecule has 0 saturated carbocycles. The van der Waals surface area contributed by atoms with Gasteiger partial charge in [0.2, 0.25) is 11.8 Å². The quantitative estimate of drug-likeness (QED) is 0.637. The van der Waals surface area contributed by atoms with Gasteiger partial charge in [0.1, 0.15) is 12.6 Å². The van der Waals surface area contributed by atoms with Crippen molar-refractivity contribution < 1.29 is 19.1 Å². The molecule has 7 heteroatoms. The maximum absolute atomic E-state index is 12.2. The molecule has 1 unspecified atom stereocenters. The van der Waals surface area contributed by atoms with Crippen molar-refractivity contribution in [3.8, 4) is 0 Å². The van der Waals surface area contributed by atoms with Crippen LogP contribution in [0.2, 0.25) is 0 Å². The first kappa shape index (κ1) is 23.5. The minimum Gasteiger partial charge on any atom is -0.445 e. The summed E-state index contributed by atoms with van der Waals surface area (Å²) in [5, 5.41) is 2.89. The molecule has 0 aliphatic rings. The fourth-order valence-electron chi connectivity index (χ4n) is 2.92. The molecular formula is C21H33N3O4. The Labute approximate surface area is 167 Å². The van der Waals surface area contributed by atoms with Crippen molar-refractivity contribution in [3.63, 3.8) is 0 Å². The summed E-state index contributed by atoms with van der Waals surface area (Å²) in [6.45, 7) is 7.72. The zero-order valence-corrected chi connectivity index (χ0v) is 17.5. The number of nitrogens with two attached hydrogens (primary N) is 1. The smallest absolute Gasteiger partial charge is 0.410 e. The molecule has 1 aromatic rings. The van der Waals surface area contributed by atoms with Crippen LogP contribution in [0, 0.1) is 11.8 Å². The molecule has 0 aromatic heterocycles. The van der Waals surface area contributed by atoms with Crippen LogP contribution in [0.5, 0.6) is 0 Å². The van der Waals surface area contributed by atoms with Gasteiger partial charge < -0.3 is 15.8 Å². The number of rotatable bonds is 10. The number of carbonyl (C=O) groups excluding carboxylic acids is 3. The summed E-state index contributed by atoms with van der Waals surface area (Å²) in [5.41, 5.74) is 6.84. The number of nitrogens with zero attached hydrogens (tertiary/aromatic N) is 1. The van der Waals surface area contributed by atoms with Gasteiger partial charge in [0.05, 0.1) is 0 Å². The van der Waals surface area contributed by atoms with Crippen LogP contribution < -0.4 is 11.1 Å². The predicted octanol–water partition coefficient (Wildman–Crippen LogP) is 3.53. The van der Waals surface area contributed by atoms with Gasteiger partial charge in [0.15, 0.2) is 0 Å². The monoisotopic (exact) mass is 391 g/mol. The molecule has 0 aliphatic carbocycles. The molecule has 0 saturated heterocycles. The molecule has 7 nitrogen and oxygen atoms in total. The minimum absolute atomic E-state index is 0.000400. The van der Waals surface area contributed by atoms with Crippen molar-refractivity contribution in [2.45, 2.75) is 59.6 Å². The van der Waals surface area contributed by atoms with Crippen LogP contribution in [0.15, 0.2) is 24.3 Å². The van der Waals surface area contributed by atoms with Crippen molar-refractivity contribution in [1.82, 2.24) is 4.90 Å². The van der Waals surface area contributed by atoms with Gasteiger partial charge in [-0.05, 0) is 30.0 Å². The van der Waals surface area contributed by atoms with Gasteiger partial charge in [-0.15, -0.1) is 0 Å². The zero-order chi connectivity index (χ0) is 21.3. The number of amides is 3. The van der Waals surface area contributed by atoms with E-state index in [4.69, 9.17) is 10.5 Å². The van der Waals surface area contributed by atoms with Gasteiger partial charge in [0.25, 0.3) is 0 Å². The number of hydrogen-bond acceptors (Lipinski definition) is 4. The van der Waals surface area contributed by atoms with E-state index in [1.165, 1.54) is 11.9 Å². The van der Waals surface area contributed by atoms with Crippen LogP contribution >= 0.6 is 0 Å². The summed E-state index contributed by atoms with van der Waals surface area (Å²) in [6.07, 6.45) is 2.35. The van der Waals surface area contributed by atoms with Gasteiger partial charge in [-0.3, -0.25) is 14.5 Å². The molecule has 0 radical (unpaired) electrons. The van der Waals surface area contributed by atoms with Crippen LogP contribution in [-0.4, -0.2) is 35.9 Å². The summed E-state index contributed by atoms with van der Waals surface area (Å²) < 4.78 is 5.27. The maximum Gasteiger partial charge on any atom is 0.410 e. The van der Waals surface area contributed by atoms with Crippen LogP contribution in [-0.2, 0) is 20.9 Å². The number of carbonyl (C=O) groups is 3. The Hall–Kier alpha value is -2.57. The lowest BCUT2D eigenvalue weighted by Crippen LogP contribution is -2.48. The summed E-state index contributed by atoms with van der Waals surface area (Å²) in [7, 11) is 1.50. The Morgan fingerprint density at radius 3 is 2.25 bits per heavy atom. The number of hydrogen-bond donors (Lipinski definition) is 2. The number of ether oxygens (including phenoxy) is 1. The van der Waals surface area contributed by atoms with Crippen LogP contribution in [0.25, 0.3) is 0 Å². The molecule has 0 heterocycles. The summed E-state index contributed by atoms with van der Waals surface area (Å²) in [5.74, 6) is -0.712. The SMILES string of the molecule is CCCCC(C)C(=O)Nc1ccc(COC(=O)N(C)[C@H](C(N)=O)C(C)C)cc1. The standard InChI is InChI=1S/C21H33N3O4/c1-6-7-8-15(4)20(26)23-17-11-9-16(10-12-17)13-28-21(27)24(5)18(14(2)3)19(22)25/h9-12,14-15,18H,6-8,13H2,1-5H3,(H2,22,25)(H,23,26)/t15?,18-/m0/s1. The zero-order valence-electron chi connectivity index (χ0n) is 17.5. The highest BCUT2D eigenvalue weighted by molar-refractivity contribution is 5.92. The third-order valence-corrected chi connectivity index (χ3v) is 4.65. The second kappa shape index (κ2) is 11.3. The van der Waals surface area contributed by atoms with Crippen LogP contribution in [0.3, 0.4) is 0 Å². The molecule has 0 fully saturated rings. The number of likely N-dealkylation sites (N-methyl/N-ethyl adjacent to an activating group) is 1. The number of benzene rings is 1. The molecule has 3 amide bonds. The van der Waals surface area contributed by atoms with Crippen molar-refractivity contribution in [1.29, 1.82) is 0 Å². The van der Waals surface area contributed by atoms with Gasteiger partial charge in [-0.2, -0.15) is 0 Å². The lowest BCUT2D eigenvalue weighted by atomic mass is 10.0. The highest BCUT2D eigenvalue weighted by atomic mass is 16.6. The van der Waals surface area contributed by atoms with E-state index in [1.54, 1.807) is 24.3 Å². The molecule has 0 bridgehead atoms. The number of primary amides is 1. The predicted molar refractivity (Wildman–Crippen MR) is 110 cm³/mol. The second-order valence-electron chi connectivity index (χ2n) is 7.49. The molecule has 1 aromatic carbocycles. The van der Waals surface area contributed by atoms with Gasteiger partial charge in [-0.1, -0.05) is 52.7 Å². The van der Waals surface area contributed by atoms with Gasteiger partial charge in [0, 0.05) is 18.7 Å². The third-order valence-electron chi connectivity index (χ3n) is 4.65. The van der Waals surface area contributed by atoms with Crippen molar-refractivity contribution in [2.75, 3.05) is 12.4 Å². The average molecular weight is 392 g/mol. The summed E-state index contributed by atoms with van der Waals surface area (Å²) in [4.78, 5) is 37.1. The summed E-state index contributed by atoms with van der Waals surface area (Å²) in [6, 6.07) is 6.40. The summed E-state index contributed by atoms with van der Waals surface area (Å²) >= 11 is 0. The Morgan fingerprint density at radius 1 is 1.14 bits per heavy atom. The average Bonchev–Trinajstić information content (AvgIpc) is 2.64. The van der Waals surface area contributed by atoms with Gasteiger partial charge >= 0.3 is 6.09 Å². The Kier molecular flexibility index (Phi) is 9.48. The first-order valence-electron chi connectivity index (χ1n) is 9.76. The minimum atomic E-state index is -0.722. The first-order valence-corrected chi connectivity index (χ1v) is 9.76. The lowest BCUT2D eigenvalue weighted by Gasteiger charge is -2.27. The highest BCUT2D eigenvalue weighted by Crippen LogP contribution is 2.15. The molecule has 156 valence electrons. The molecule has 3 N–H and O–H groups in total. The Balaban J connectivity index is 2.57.